The Bertz CT molecular complexity index is 554. The SMILES string of the molecule is C=CCN1C(=O)SC(=Cc2cccc(Br)c2)C1=O. The molecule has 5 heteroatoms. The van der Waals surface area contributed by atoms with Gasteiger partial charge in [0.1, 0.15) is 0 Å². The Balaban J connectivity index is 2.27. The summed E-state index contributed by atoms with van der Waals surface area (Å²) in [6.45, 7) is 3.78. The zero-order valence-electron chi connectivity index (χ0n) is 9.43. The topological polar surface area (TPSA) is 37.4 Å². The molecule has 0 aliphatic carbocycles. The zero-order valence-corrected chi connectivity index (χ0v) is 11.8. The lowest BCUT2D eigenvalue weighted by molar-refractivity contribution is -0.122. The van der Waals surface area contributed by atoms with E-state index in [0.29, 0.717) is 4.91 Å². The zero-order chi connectivity index (χ0) is 13.1. The molecule has 1 aromatic rings. The Hall–Kier alpha value is -1.33. The molecule has 1 aliphatic rings. The molecule has 0 saturated carbocycles. The molecule has 0 bridgehead atoms. The highest BCUT2D eigenvalue weighted by Crippen LogP contribution is 2.32. The summed E-state index contributed by atoms with van der Waals surface area (Å²) in [6.07, 6.45) is 3.26. The summed E-state index contributed by atoms with van der Waals surface area (Å²) in [6, 6.07) is 7.55. The van der Waals surface area contributed by atoms with Gasteiger partial charge in [0.25, 0.3) is 11.1 Å². The Morgan fingerprint density at radius 3 is 2.83 bits per heavy atom. The van der Waals surface area contributed by atoms with Crippen molar-refractivity contribution in [3.63, 3.8) is 0 Å². The van der Waals surface area contributed by atoms with Crippen LogP contribution in [-0.2, 0) is 4.79 Å². The first kappa shape index (κ1) is 13.1. The summed E-state index contributed by atoms with van der Waals surface area (Å²) in [5.74, 6) is -0.259. The number of imide groups is 1. The smallest absolute Gasteiger partial charge is 0.268 e. The first-order valence-electron chi connectivity index (χ1n) is 5.23. The Kier molecular flexibility index (Phi) is 4.04. The maximum Gasteiger partial charge on any atom is 0.293 e. The molecule has 2 amide bonds. The van der Waals surface area contributed by atoms with Gasteiger partial charge in [-0.3, -0.25) is 14.5 Å². The summed E-state index contributed by atoms with van der Waals surface area (Å²) in [5, 5.41) is -0.249. The van der Waals surface area contributed by atoms with Crippen LogP contribution in [0.5, 0.6) is 0 Å². The summed E-state index contributed by atoms with van der Waals surface area (Å²) >= 11 is 4.32. The Morgan fingerprint density at radius 2 is 2.17 bits per heavy atom. The maximum atomic E-state index is 12.0. The molecular weight excluding hydrogens is 314 g/mol. The number of nitrogens with zero attached hydrogens (tertiary/aromatic N) is 1. The number of hydrogen-bond acceptors (Lipinski definition) is 3. The van der Waals surface area contributed by atoms with Gasteiger partial charge in [-0.05, 0) is 35.5 Å². The van der Waals surface area contributed by atoms with Gasteiger partial charge < -0.3 is 0 Å². The lowest BCUT2D eigenvalue weighted by Crippen LogP contribution is -2.27. The summed E-state index contributed by atoms with van der Waals surface area (Å²) in [5.41, 5.74) is 0.883. The molecule has 18 heavy (non-hydrogen) atoms. The lowest BCUT2D eigenvalue weighted by atomic mass is 10.2. The normalized spacial score (nSPS) is 17.6. The van der Waals surface area contributed by atoms with E-state index < -0.39 is 0 Å². The fraction of sp³-hybridized carbons (Fsp3) is 0.0769. The van der Waals surface area contributed by atoms with Crippen LogP contribution in [0, 0.1) is 0 Å². The number of rotatable bonds is 3. The minimum Gasteiger partial charge on any atom is -0.268 e. The van der Waals surface area contributed by atoms with Gasteiger partial charge in [-0.2, -0.15) is 0 Å². The number of carbonyl (C=O) groups is 2. The number of benzene rings is 1. The molecule has 1 fully saturated rings. The second kappa shape index (κ2) is 5.54. The average molecular weight is 324 g/mol. The first-order valence-corrected chi connectivity index (χ1v) is 6.84. The molecule has 1 saturated heterocycles. The first-order chi connectivity index (χ1) is 8.61. The van der Waals surface area contributed by atoms with Crippen LogP contribution >= 0.6 is 27.7 Å². The van der Waals surface area contributed by atoms with E-state index in [9.17, 15) is 9.59 Å². The van der Waals surface area contributed by atoms with Crippen LogP contribution in [0.4, 0.5) is 4.79 Å². The Labute approximate surface area is 118 Å². The molecular formula is C13H10BrNO2S. The van der Waals surface area contributed by atoms with Gasteiger partial charge in [0.2, 0.25) is 0 Å². The molecule has 92 valence electrons. The fourth-order valence-electron chi connectivity index (χ4n) is 1.53. The van der Waals surface area contributed by atoms with E-state index in [-0.39, 0.29) is 17.7 Å². The molecule has 0 aromatic heterocycles. The highest BCUT2D eigenvalue weighted by Gasteiger charge is 2.33. The van der Waals surface area contributed by atoms with Crippen LogP contribution in [0.15, 0.2) is 46.3 Å². The number of hydrogen-bond donors (Lipinski definition) is 0. The molecule has 0 unspecified atom stereocenters. The van der Waals surface area contributed by atoms with E-state index in [1.54, 1.807) is 12.2 Å². The van der Waals surface area contributed by atoms with Crippen LogP contribution in [-0.4, -0.2) is 22.6 Å². The molecule has 0 radical (unpaired) electrons. The second-order valence-corrected chi connectivity index (χ2v) is 5.54. The van der Waals surface area contributed by atoms with Gasteiger partial charge in [-0.15, -0.1) is 6.58 Å². The van der Waals surface area contributed by atoms with Crippen LogP contribution in [0.25, 0.3) is 6.08 Å². The molecule has 1 aliphatic heterocycles. The van der Waals surface area contributed by atoms with Crippen molar-refractivity contribution < 1.29 is 9.59 Å². The third-order valence-electron chi connectivity index (χ3n) is 2.33. The summed E-state index contributed by atoms with van der Waals surface area (Å²) in [7, 11) is 0. The predicted molar refractivity (Wildman–Crippen MR) is 77.0 cm³/mol. The van der Waals surface area contributed by atoms with Crippen molar-refractivity contribution in [3.05, 3.63) is 51.9 Å². The van der Waals surface area contributed by atoms with Crippen molar-refractivity contribution in [2.45, 2.75) is 0 Å². The quantitative estimate of drug-likeness (QED) is 0.629. The van der Waals surface area contributed by atoms with Crippen molar-refractivity contribution in [3.8, 4) is 0 Å². The van der Waals surface area contributed by atoms with Crippen molar-refractivity contribution >= 4 is 44.9 Å². The average Bonchev–Trinajstić information content (AvgIpc) is 2.57. The highest BCUT2D eigenvalue weighted by atomic mass is 79.9. The van der Waals surface area contributed by atoms with Gasteiger partial charge in [-0.1, -0.05) is 34.1 Å². The van der Waals surface area contributed by atoms with E-state index in [1.807, 2.05) is 24.3 Å². The van der Waals surface area contributed by atoms with E-state index >= 15 is 0 Å². The third kappa shape index (κ3) is 2.73. The Morgan fingerprint density at radius 1 is 1.39 bits per heavy atom. The minimum atomic E-state index is -0.259. The summed E-state index contributed by atoms with van der Waals surface area (Å²) < 4.78 is 0.932. The van der Waals surface area contributed by atoms with E-state index in [1.165, 1.54) is 4.90 Å². The second-order valence-electron chi connectivity index (χ2n) is 3.64. The van der Waals surface area contributed by atoms with E-state index in [2.05, 4.69) is 22.5 Å². The van der Waals surface area contributed by atoms with E-state index in [0.717, 1.165) is 21.8 Å². The number of thioether (sulfide) groups is 1. The molecule has 0 atom stereocenters. The molecule has 1 aromatic carbocycles. The fourth-order valence-corrected chi connectivity index (χ4v) is 2.80. The molecule has 3 nitrogen and oxygen atoms in total. The van der Waals surface area contributed by atoms with Crippen LogP contribution in [0.3, 0.4) is 0 Å². The molecule has 0 spiro atoms. The van der Waals surface area contributed by atoms with E-state index in [4.69, 9.17) is 0 Å². The van der Waals surface area contributed by atoms with Crippen molar-refractivity contribution in [2.24, 2.45) is 0 Å². The van der Waals surface area contributed by atoms with Crippen LogP contribution in [0.2, 0.25) is 0 Å². The van der Waals surface area contributed by atoms with Gasteiger partial charge >= 0.3 is 0 Å². The van der Waals surface area contributed by atoms with Crippen LogP contribution < -0.4 is 0 Å². The van der Waals surface area contributed by atoms with Crippen molar-refractivity contribution in [1.82, 2.24) is 4.90 Å². The highest BCUT2D eigenvalue weighted by molar-refractivity contribution is 9.10. The molecule has 0 N–H and O–H groups in total. The van der Waals surface area contributed by atoms with Crippen LogP contribution in [0.1, 0.15) is 5.56 Å². The predicted octanol–water partition coefficient (Wildman–Crippen LogP) is 3.67. The number of amides is 2. The maximum absolute atomic E-state index is 12.0. The van der Waals surface area contributed by atoms with Gasteiger partial charge in [0.05, 0.1) is 4.91 Å². The number of halogens is 1. The van der Waals surface area contributed by atoms with Gasteiger partial charge in [-0.25, -0.2) is 0 Å². The largest absolute Gasteiger partial charge is 0.293 e. The molecule has 2 rings (SSSR count). The van der Waals surface area contributed by atoms with Crippen molar-refractivity contribution in [1.29, 1.82) is 0 Å². The molecule has 1 heterocycles. The van der Waals surface area contributed by atoms with Gasteiger partial charge in [0, 0.05) is 11.0 Å². The van der Waals surface area contributed by atoms with Crippen molar-refractivity contribution in [2.75, 3.05) is 6.54 Å². The monoisotopic (exact) mass is 323 g/mol. The van der Waals surface area contributed by atoms with Gasteiger partial charge in [0.15, 0.2) is 0 Å². The third-order valence-corrected chi connectivity index (χ3v) is 3.73. The lowest BCUT2D eigenvalue weighted by Gasteiger charge is -2.07. The summed E-state index contributed by atoms with van der Waals surface area (Å²) in [4.78, 5) is 25.2. The number of carbonyl (C=O) groups excluding carboxylic acids is 2. The standard InChI is InChI=1S/C13H10BrNO2S/c1-2-6-15-12(16)11(18-13(15)17)8-9-4-3-5-10(14)7-9/h2-5,7-8H,1,6H2. The minimum absolute atomic E-state index is 0.249.